The van der Waals surface area contributed by atoms with Gasteiger partial charge in [0.05, 0.1) is 0 Å². The molecule has 0 aliphatic carbocycles. The van der Waals surface area contributed by atoms with Crippen LogP contribution in [0.3, 0.4) is 0 Å². The Morgan fingerprint density at radius 3 is 0.565 bits per heavy atom. The van der Waals surface area contributed by atoms with Gasteiger partial charge in [0.1, 0.15) is 0 Å². The molecule has 0 aliphatic rings. The van der Waals surface area contributed by atoms with E-state index in [1.165, 1.54) is 0 Å². The van der Waals surface area contributed by atoms with Gasteiger partial charge < -0.3 is 10.2 Å². The van der Waals surface area contributed by atoms with Gasteiger partial charge in [-0.2, -0.15) is 61.5 Å². The molecule has 16 heteroatoms. The van der Waals surface area contributed by atoms with Crippen LogP contribution in [0.15, 0.2) is 0 Å². The van der Waals surface area contributed by atoms with Crippen LogP contribution in [-0.2, 0) is 0 Å². The zero-order valence-electron chi connectivity index (χ0n) is 9.69. The van der Waals surface area contributed by atoms with Crippen molar-refractivity contribution in [1.82, 2.24) is 0 Å². The van der Waals surface area contributed by atoms with E-state index >= 15 is 0 Å². The van der Waals surface area contributed by atoms with Gasteiger partial charge >= 0.3 is 41.8 Å². The maximum Gasteiger partial charge on any atom is 0.432 e. The Morgan fingerprint density at radius 1 is 0.348 bits per heavy atom. The number of halogens is 14. The first-order valence-electron chi connectivity index (χ1n) is 4.59. The Labute approximate surface area is 115 Å². The molecule has 0 spiro atoms. The molecule has 0 bridgehead atoms. The molecule has 0 rings (SSSR count). The molecule has 0 aliphatic heterocycles. The molecule has 0 heterocycles. The van der Waals surface area contributed by atoms with E-state index in [0.717, 1.165) is 0 Å². The second-order valence-electron chi connectivity index (χ2n) is 3.99. The van der Waals surface area contributed by atoms with Crippen LogP contribution in [0.25, 0.3) is 0 Å². The molecule has 0 saturated heterocycles. The van der Waals surface area contributed by atoms with Crippen LogP contribution < -0.4 is 0 Å². The largest absolute Gasteiger partial charge is 0.432 e. The summed E-state index contributed by atoms with van der Waals surface area (Å²) in [6.07, 6.45) is -31.1. The summed E-state index contributed by atoms with van der Waals surface area (Å²) in [6.45, 7) is 0. The quantitative estimate of drug-likeness (QED) is 0.718. The molecule has 2 nitrogen and oxygen atoms in total. The van der Waals surface area contributed by atoms with Crippen molar-refractivity contribution in [3.63, 3.8) is 0 Å². The van der Waals surface area contributed by atoms with Crippen LogP contribution in [0, 0.1) is 0 Å². The summed E-state index contributed by atoms with van der Waals surface area (Å²) in [4.78, 5) is 0. The van der Waals surface area contributed by atoms with Crippen molar-refractivity contribution in [3.8, 4) is 0 Å². The third-order valence-corrected chi connectivity index (χ3v) is 2.55. The highest BCUT2D eigenvalue weighted by molar-refractivity contribution is 5.18. The maximum atomic E-state index is 13.1. The smallest absolute Gasteiger partial charge is 0.369 e. The fourth-order valence-electron chi connectivity index (χ4n) is 1.30. The standard InChI is InChI=1S/C7H2F14O2/c8-3(9,1(22,4(10,11)12)5(13,14)15)2(23,6(16,17)18)7(19,20)21/h22-23H. The van der Waals surface area contributed by atoms with Gasteiger partial charge in [-0.3, -0.25) is 0 Å². The van der Waals surface area contributed by atoms with E-state index in [1.807, 2.05) is 0 Å². The summed E-state index contributed by atoms with van der Waals surface area (Å²) >= 11 is 0. The molecule has 0 amide bonds. The third kappa shape index (κ3) is 2.68. The molecule has 0 aromatic heterocycles. The van der Waals surface area contributed by atoms with Gasteiger partial charge in [-0.05, 0) is 0 Å². The molecule has 0 atom stereocenters. The Kier molecular flexibility index (Phi) is 4.74. The van der Waals surface area contributed by atoms with Crippen molar-refractivity contribution in [2.24, 2.45) is 0 Å². The second kappa shape index (κ2) is 4.97. The van der Waals surface area contributed by atoms with Crippen LogP contribution in [0.2, 0.25) is 0 Å². The topological polar surface area (TPSA) is 40.5 Å². The summed E-state index contributed by atoms with van der Waals surface area (Å²) < 4.78 is 172. The van der Waals surface area contributed by atoms with Gasteiger partial charge in [0.25, 0.3) is 0 Å². The lowest BCUT2D eigenvalue weighted by Gasteiger charge is -2.46. The van der Waals surface area contributed by atoms with Crippen LogP contribution in [0.5, 0.6) is 0 Å². The van der Waals surface area contributed by atoms with Crippen molar-refractivity contribution in [2.75, 3.05) is 0 Å². The third-order valence-electron chi connectivity index (χ3n) is 2.55. The fraction of sp³-hybridized carbons (Fsp3) is 1.00. The predicted octanol–water partition coefficient (Wildman–Crippen LogP) is 3.33. The van der Waals surface area contributed by atoms with Crippen molar-refractivity contribution < 1.29 is 71.7 Å². The molecule has 0 aromatic carbocycles. The molecular formula is C7H2F14O2. The lowest BCUT2D eigenvalue weighted by molar-refractivity contribution is -0.497. The van der Waals surface area contributed by atoms with Crippen LogP contribution in [0.1, 0.15) is 0 Å². The Hall–Kier alpha value is -1.06. The first-order valence-corrected chi connectivity index (χ1v) is 4.59. The van der Waals surface area contributed by atoms with Crippen LogP contribution in [0.4, 0.5) is 61.5 Å². The number of hydrogen-bond donors (Lipinski definition) is 2. The van der Waals surface area contributed by atoms with Gasteiger partial charge in [-0.15, -0.1) is 0 Å². The minimum atomic E-state index is -8.24. The second-order valence-corrected chi connectivity index (χ2v) is 3.99. The fourth-order valence-corrected chi connectivity index (χ4v) is 1.30. The lowest BCUT2D eigenvalue weighted by atomic mass is 9.79. The molecule has 140 valence electrons. The highest BCUT2D eigenvalue weighted by Crippen LogP contribution is 2.61. The normalized spacial score (nSPS) is 16.7. The number of alkyl halides is 14. The van der Waals surface area contributed by atoms with Crippen LogP contribution >= 0.6 is 0 Å². The summed E-state index contributed by atoms with van der Waals surface area (Å²) in [6, 6.07) is 0. The SMILES string of the molecule is OC(C(F)(F)F)(C(F)(F)F)C(F)(F)C(O)(C(F)(F)F)C(F)(F)F. The van der Waals surface area contributed by atoms with E-state index in [1.54, 1.807) is 0 Å². The van der Waals surface area contributed by atoms with Crippen LogP contribution in [-0.4, -0.2) is 52.0 Å². The maximum absolute atomic E-state index is 13.1. The van der Waals surface area contributed by atoms with Gasteiger partial charge in [0.15, 0.2) is 0 Å². The number of aliphatic hydroxyl groups is 2. The molecule has 23 heavy (non-hydrogen) atoms. The van der Waals surface area contributed by atoms with Gasteiger partial charge in [0, 0.05) is 0 Å². The monoisotopic (exact) mass is 384 g/mol. The van der Waals surface area contributed by atoms with E-state index in [0.29, 0.717) is 0 Å². The average Bonchev–Trinajstić information content (AvgIpc) is 2.19. The van der Waals surface area contributed by atoms with E-state index < -0.39 is 41.8 Å². The molecule has 0 aromatic rings. The Balaban J connectivity index is 6.94. The lowest BCUT2D eigenvalue weighted by Crippen LogP contribution is -2.81. The Bertz CT molecular complexity index is 368. The summed E-state index contributed by atoms with van der Waals surface area (Å²) in [5.41, 5.74) is -15.7. The van der Waals surface area contributed by atoms with E-state index in [2.05, 4.69) is 0 Å². The first kappa shape index (κ1) is 21.9. The first-order chi connectivity index (χ1) is 9.50. The van der Waals surface area contributed by atoms with E-state index in [9.17, 15) is 61.5 Å². The van der Waals surface area contributed by atoms with E-state index in [4.69, 9.17) is 10.2 Å². The van der Waals surface area contributed by atoms with Crippen molar-refractivity contribution in [1.29, 1.82) is 0 Å². The highest BCUT2D eigenvalue weighted by atomic mass is 19.4. The molecule has 0 fully saturated rings. The summed E-state index contributed by atoms with van der Waals surface area (Å²) in [5.74, 6) is -8.24. The highest BCUT2D eigenvalue weighted by Gasteiger charge is 2.95. The van der Waals surface area contributed by atoms with Gasteiger partial charge in [-0.25, -0.2) is 0 Å². The van der Waals surface area contributed by atoms with Gasteiger partial charge in [0.2, 0.25) is 0 Å². The zero-order chi connectivity index (χ0) is 19.5. The Morgan fingerprint density at radius 2 is 0.478 bits per heavy atom. The van der Waals surface area contributed by atoms with Crippen molar-refractivity contribution >= 4 is 0 Å². The van der Waals surface area contributed by atoms with Crippen molar-refractivity contribution in [2.45, 2.75) is 41.8 Å². The van der Waals surface area contributed by atoms with Crippen molar-refractivity contribution in [3.05, 3.63) is 0 Å². The molecule has 2 N–H and O–H groups in total. The molecular weight excluding hydrogens is 382 g/mol. The average molecular weight is 384 g/mol. The number of hydrogen-bond acceptors (Lipinski definition) is 2. The molecule has 0 unspecified atom stereocenters. The summed E-state index contributed by atoms with van der Waals surface area (Å²) in [7, 11) is 0. The minimum Gasteiger partial charge on any atom is -0.369 e. The van der Waals surface area contributed by atoms with Gasteiger partial charge in [-0.1, -0.05) is 0 Å². The zero-order valence-corrected chi connectivity index (χ0v) is 9.69. The molecule has 0 radical (unpaired) electrons. The number of rotatable bonds is 2. The van der Waals surface area contributed by atoms with E-state index in [-0.39, 0.29) is 0 Å². The predicted molar refractivity (Wildman–Crippen MR) is 39.1 cm³/mol. The minimum absolute atomic E-state index is 7.76. The summed E-state index contributed by atoms with van der Waals surface area (Å²) in [5, 5.41) is 16.2. The molecule has 0 saturated carbocycles.